The highest BCUT2D eigenvalue weighted by atomic mass is 79.9. The molecule has 0 atom stereocenters. The average molecular weight is 345 g/mol. The van der Waals surface area contributed by atoms with Crippen LogP contribution in [0.5, 0.6) is 0 Å². The molecule has 0 saturated carbocycles. The van der Waals surface area contributed by atoms with E-state index in [1.54, 1.807) is 6.07 Å². The zero-order valence-corrected chi connectivity index (χ0v) is 14.1. The zero-order valence-electron chi connectivity index (χ0n) is 11.6. The van der Waals surface area contributed by atoms with Crippen LogP contribution in [0.25, 0.3) is 0 Å². The van der Waals surface area contributed by atoms with E-state index in [4.69, 9.17) is 0 Å². The number of nitrogens with one attached hydrogen (secondary N) is 1. The fourth-order valence-corrected chi connectivity index (χ4v) is 2.43. The van der Waals surface area contributed by atoms with Gasteiger partial charge in [0.2, 0.25) is 0 Å². The Bertz CT molecular complexity index is 437. The van der Waals surface area contributed by atoms with Gasteiger partial charge >= 0.3 is 0 Å². The van der Waals surface area contributed by atoms with Crippen LogP contribution in [-0.4, -0.2) is 37.0 Å². The number of nitrogens with zero attached hydrogens (tertiary/aromatic N) is 1. The Balaban J connectivity index is 2.39. The smallest absolute Gasteiger partial charge is 0.252 e. The average Bonchev–Trinajstić information content (AvgIpc) is 2.33. The number of amides is 1. The molecule has 0 radical (unpaired) electrons. The van der Waals surface area contributed by atoms with Gasteiger partial charge in [-0.2, -0.15) is 0 Å². The molecule has 0 unspecified atom stereocenters. The lowest BCUT2D eigenvalue weighted by atomic mass is 10.2. The molecule has 0 saturated heterocycles. The van der Waals surface area contributed by atoms with E-state index in [0.717, 1.165) is 17.4 Å². The van der Waals surface area contributed by atoms with Crippen molar-refractivity contribution < 1.29 is 4.79 Å². The molecule has 1 aromatic rings. The lowest BCUT2D eigenvalue weighted by Crippen LogP contribution is -2.31. The second-order valence-electron chi connectivity index (χ2n) is 4.85. The molecule has 0 aliphatic heterocycles. The summed E-state index contributed by atoms with van der Waals surface area (Å²) in [5.74, 6) is -0.0651. The van der Waals surface area contributed by atoms with Gasteiger partial charge in [-0.1, -0.05) is 15.9 Å². The number of hydrogen-bond donors (Lipinski definition) is 2. The van der Waals surface area contributed by atoms with Crippen molar-refractivity contribution in [3.63, 3.8) is 0 Å². The predicted molar refractivity (Wildman–Crippen MR) is 86.1 cm³/mol. The molecule has 1 aromatic carbocycles. The van der Waals surface area contributed by atoms with E-state index in [1.165, 1.54) is 0 Å². The summed E-state index contributed by atoms with van der Waals surface area (Å²) in [6.07, 6.45) is 0.943. The summed E-state index contributed by atoms with van der Waals surface area (Å²) in [6, 6.07) is 5.99. The van der Waals surface area contributed by atoms with E-state index in [9.17, 15) is 4.79 Å². The van der Waals surface area contributed by atoms with Crippen molar-refractivity contribution in [3.8, 4) is 0 Å². The molecule has 0 spiro atoms. The minimum Gasteiger partial charge on any atom is -0.352 e. The Morgan fingerprint density at radius 3 is 2.74 bits per heavy atom. The molecule has 3 nitrogen and oxygen atoms in total. The van der Waals surface area contributed by atoms with Crippen LogP contribution >= 0.6 is 28.6 Å². The van der Waals surface area contributed by atoms with Crippen molar-refractivity contribution in [1.29, 1.82) is 0 Å². The highest BCUT2D eigenvalue weighted by molar-refractivity contribution is 9.10. The molecule has 0 fully saturated rings. The summed E-state index contributed by atoms with van der Waals surface area (Å²) < 4.78 is 0.924. The highest BCUT2D eigenvalue weighted by Gasteiger charge is 2.09. The van der Waals surface area contributed by atoms with Gasteiger partial charge in [0.15, 0.2) is 0 Å². The van der Waals surface area contributed by atoms with Gasteiger partial charge in [0.1, 0.15) is 0 Å². The number of benzene rings is 1. The van der Waals surface area contributed by atoms with E-state index >= 15 is 0 Å². The second-order valence-corrected chi connectivity index (χ2v) is 6.24. The molecule has 1 rings (SSSR count). The number of rotatable bonds is 6. The molecule has 1 amide bonds. The summed E-state index contributed by atoms with van der Waals surface area (Å²) in [5.41, 5.74) is 0.615. The van der Waals surface area contributed by atoms with Crippen molar-refractivity contribution in [2.45, 2.75) is 31.2 Å². The maximum atomic E-state index is 12.0. The zero-order chi connectivity index (χ0) is 14.4. The third kappa shape index (κ3) is 5.55. The first-order chi connectivity index (χ1) is 8.91. The maximum Gasteiger partial charge on any atom is 0.252 e. The topological polar surface area (TPSA) is 32.3 Å². The fourth-order valence-electron chi connectivity index (χ4n) is 1.58. The molecule has 1 N–H and O–H groups in total. The third-order valence-electron chi connectivity index (χ3n) is 3.06. The second kappa shape index (κ2) is 7.92. The number of halogens is 1. The first-order valence-corrected chi connectivity index (χ1v) is 7.62. The molecule has 0 aromatic heterocycles. The van der Waals surface area contributed by atoms with Crippen LogP contribution in [0.15, 0.2) is 27.6 Å². The minimum atomic E-state index is -0.0651. The van der Waals surface area contributed by atoms with Crippen molar-refractivity contribution in [2.75, 3.05) is 20.1 Å². The van der Waals surface area contributed by atoms with Crippen LogP contribution < -0.4 is 5.32 Å². The number of carbonyl (C=O) groups excluding carboxylic acids is 1. The minimum absolute atomic E-state index is 0.0651. The predicted octanol–water partition coefficient (Wildman–Crippen LogP) is 3.20. The Morgan fingerprint density at radius 2 is 2.16 bits per heavy atom. The maximum absolute atomic E-state index is 12.0. The number of thiol groups is 1. The SMILES string of the molecule is CC(C)N(C)CCCNC(=O)c1ccc(Br)cc1S. The lowest BCUT2D eigenvalue weighted by Gasteiger charge is -2.20. The monoisotopic (exact) mass is 344 g/mol. The lowest BCUT2D eigenvalue weighted by molar-refractivity contribution is 0.0949. The van der Waals surface area contributed by atoms with E-state index < -0.39 is 0 Å². The summed E-state index contributed by atoms with van der Waals surface area (Å²) in [5, 5.41) is 2.92. The number of hydrogen-bond acceptors (Lipinski definition) is 3. The molecule has 19 heavy (non-hydrogen) atoms. The van der Waals surface area contributed by atoms with Crippen LogP contribution in [0.4, 0.5) is 0 Å². The summed E-state index contributed by atoms with van der Waals surface area (Å²) in [6.45, 7) is 5.98. The van der Waals surface area contributed by atoms with Crippen LogP contribution in [-0.2, 0) is 0 Å². The first-order valence-electron chi connectivity index (χ1n) is 6.38. The van der Waals surface area contributed by atoms with Crippen molar-refractivity contribution >= 4 is 34.5 Å². The van der Waals surface area contributed by atoms with E-state index in [1.807, 2.05) is 12.1 Å². The summed E-state index contributed by atoms with van der Waals surface area (Å²) in [7, 11) is 2.09. The Morgan fingerprint density at radius 1 is 1.47 bits per heavy atom. The highest BCUT2D eigenvalue weighted by Crippen LogP contribution is 2.19. The van der Waals surface area contributed by atoms with E-state index in [-0.39, 0.29) is 5.91 Å². The molecule has 0 heterocycles. The third-order valence-corrected chi connectivity index (χ3v) is 3.92. The van der Waals surface area contributed by atoms with Gasteiger partial charge in [-0.25, -0.2) is 0 Å². The van der Waals surface area contributed by atoms with E-state index in [2.05, 4.69) is 59.7 Å². The summed E-state index contributed by atoms with van der Waals surface area (Å²) >= 11 is 7.67. The Hall–Kier alpha value is -0.520. The van der Waals surface area contributed by atoms with Gasteiger partial charge in [-0.05, 0) is 52.1 Å². The Kier molecular flexibility index (Phi) is 6.89. The standard InChI is InChI=1S/C14H21BrN2OS/c1-10(2)17(3)8-4-7-16-14(18)12-6-5-11(15)9-13(12)19/h5-6,9-10,19H,4,7-8H2,1-3H3,(H,16,18). The van der Waals surface area contributed by atoms with Crippen LogP contribution in [0, 0.1) is 0 Å². The number of carbonyl (C=O) groups is 1. The van der Waals surface area contributed by atoms with Gasteiger partial charge < -0.3 is 10.2 Å². The normalized spacial score (nSPS) is 11.1. The van der Waals surface area contributed by atoms with Crippen LogP contribution in [0.2, 0.25) is 0 Å². The molecule has 106 valence electrons. The van der Waals surface area contributed by atoms with Gasteiger partial charge in [0.25, 0.3) is 5.91 Å². The molecular weight excluding hydrogens is 324 g/mol. The Labute approximate surface area is 129 Å². The van der Waals surface area contributed by atoms with Crippen LogP contribution in [0.1, 0.15) is 30.6 Å². The first kappa shape index (κ1) is 16.5. The fraction of sp³-hybridized carbons (Fsp3) is 0.500. The van der Waals surface area contributed by atoms with E-state index in [0.29, 0.717) is 23.0 Å². The largest absolute Gasteiger partial charge is 0.352 e. The van der Waals surface area contributed by atoms with Gasteiger partial charge in [0.05, 0.1) is 5.56 Å². The van der Waals surface area contributed by atoms with Crippen LogP contribution in [0.3, 0.4) is 0 Å². The quantitative estimate of drug-likeness (QED) is 0.613. The molecule has 5 heteroatoms. The molecular formula is C14H21BrN2OS. The van der Waals surface area contributed by atoms with Gasteiger partial charge in [-0.15, -0.1) is 12.6 Å². The van der Waals surface area contributed by atoms with Gasteiger partial charge in [0, 0.05) is 22.0 Å². The van der Waals surface area contributed by atoms with Crippen molar-refractivity contribution in [3.05, 3.63) is 28.2 Å². The summed E-state index contributed by atoms with van der Waals surface area (Å²) in [4.78, 5) is 14.9. The van der Waals surface area contributed by atoms with Crippen molar-refractivity contribution in [1.82, 2.24) is 10.2 Å². The molecule has 0 aliphatic carbocycles. The molecule has 0 aliphatic rings. The van der Waals surface area contributed by atoms with Gasteiger partial charge in [-0.3, -0.25) is 4.79 Å². The van der Waals surface area contributed by atoms with Crippen molar-refractivity contribution in [2.24, 2.45) is 0 Å². The molecule has 0 bridgehead atoms.